The van der Waals surface area contributed by atoms with E-state index >= 15 is 0 Å². The fraction of sp³-hybridized carbons (Fsp3) is 0. The molecule has 0 fully saturated rings. The van der Waals surface area contributed by atoms with Crippen LogP contribution in [0.25, 0.3) is 26.9 Å². The van der Waals surface area contributed by atoms with Crippen molar-refractivity contribution in [1.29, 1.82) is 0 Å². The van der Waals surface area contributed by atoms with Crippen molar-refractivity contribution in [3.05, 3.63) is 69.9 Å². The van der Waals surface area contributed by atoms with Crippen molar-refractivity contribution in [2.24, 2.45) is 0 Å². The third-order valence-electron chi connectivity index (χ3n) is 3.51. The number of nitrogens with zero attached hydrogens (tertiary/aromatic N) is 2. The zero-order valence-electron chi connectivity index (χ0n) is 13.2. The quantitative estimate of drug-likeness (QED) is 0.540. The zero-order valence-corrected chi connectivity index (χ0v) is 14.8. The number of hydrogen-bond donors (Lipinski definition) is 1. The average molecular weight is 381 g/mol. The number of thiophene rings is 1. The second-order valence-electron chi connectivity index (χ2n) is 5.23. The Labute approximate surface area is 155 Å². The van der Waals surface area contributed by atoms with E-state index in [4.69, 9.17) is 4.42 Å². The summed E-state index contributed by atoms with van der Waals surface area (Å²) >= 11 is 2.84. The molecule has 8 heteroatoms. The van der Waals surface area contributed by atoms with Crippen LogP contribution in [0.3, 0.4) is 0 Å². The molecule has 128 valence electrons. The van der Waals surface area contributed by atoms with Crippen LogP contribution in [0, 0.1) is 0 Å². The Balaban J connectivity index is 1.50. The molecule has 0 spiro atoms. The molecule has 0 saturated heterocycles. The Kier molecular flexibility index (Phi) is 4.42. The van der Waals surface area contributed by atoms with Gasteiger partial charge < -0.3 is 4.42 Å². The third-order valence-corrected chi connectivity index (χ3v) is 5.39. The first-order valence-corrected chi connectivity index (χ1v) is 9.27. The Hall–Kier alpha value is -3.10. The highest BCUT2D eigenvalue weighted by atomic mass is 32.1. The molecule has 3 heterocycles. The Morgan fingerprint density at radius 1 is 1.15 bits per heavy atom. The van der Waals surface area contributed by atoms with Gasteiger partial charge in [-0.1, -0.05) is 29.5 Å². The van der Waals surface area contributed by atoms with Crippen LogP contribution in [0.1, 0.15) is 5.56 Å². The Bertz CT molecular complexity index is 1160. The number of carbonyl (C=O) groups excluding carboxylic acids is 1. The molecule has 0 bridgehead atoms. The minimum Gasteiger partial charge on any atom is -0.463 e. The Morgan fingerprint density at radius 2 is 2.04 bits per heavy atom. The summed E-state index contributed by atoms with van der Waals surface area (Å²) in [5, 5.41) is 14.2. The van der Waals surface area contributed by atoms with E-state index in [0.717, 1.165) is 9.88 Å². The first-order valence-electron chi connectivity index (χ1n) is 7.58. The first kappa shape index (κ1) is 16.4. The number of rotatable bonds is 4. The molecule has 1 amide bonds. The maximum absolute atomic E-state index is 12.4. The summed E-state index contributed by atoms with van der Waals surface area (Å²) in [6, 6.07) is 10.8. The lowest BCUT2D eigenvalue weighted by Gasteiger charge is -1.98. The van der Waals surface area contributed by atoms with Crippen LogP contribution in [-0.4, -0.2) is 16.1 Å². The number of fused-ring (bicyclic) bond motifs is 1. The van der Waals surface area contributed by atoms with E-state index in [1.54, 1.807) is 35.6 Å². The van der Waals surface area contributed by atoms with Gasteiger partial charge in [-0.25, -0.2) is 0 Å². The highest BCUT2D eigenvalue weighted by molar-refractivity contribution is 7.23. The van der Waals surface area contributed by atoms with Gasteiger partial charge in [-0.15, -0.1) is 21.5 Å². The summed E-state index contributed by atoms with van der Waals surface area (Å²) in [5.41, 5.74) is 0.622. The van der Waals surface area contributed by atoms with Crippen LogP contribution in [0.15, 0.2) is 63.3 Å². The topological polar surface area (TPSA) is 85.1 Å². The summed E-state index contributed by atoms with van der Waals surface area (Å²) in [5.74, 6) is -0.397. The number of amides is 1. The van der Waals surface area contributed by atoms with E-state index in [0.29, 0.717) is 21.7 Å². The predicted molar refractivity (Wildman–Crippen MR) is 103 cm³/mol. The number of benzene rings is 1. The number of hydrogen-bond acceptors (Lipinski definition) is 7. The van der Waals surface area contributed by atoms with Gasteiger partial charge in [0.2, 0.25) is 11.0 Å². The number of anilines is 1. The lowest BCUT2D eigenvalue weighted by molar-refractivity contribution is -0.111. The van der Waals surface area contributed by atoms with E-state index in [1.165, 1.54) is 29.8 Å². The normalized spacial score (nSPS) is 11.2. The van der Waals surface area contributed by atoms with Crippen LogP contribution < -0.4 is 10.7 Å². The van der Waals surface area contributed by atoms with Crippen LogP contribution in [-0.2, 0) is 4.79 Å². The summed E-state index contributed by atoms with van der Waals surface area (Å²) in [6.45, 7) is 0. The highest BCUT2D eigenvalue weighted by Crippen LogP contribution is 2.29. The second kappa shape index (κ2) is 7.03. The third kappa shape index (κ3) is 3.32. The van der Waals surface area contributed by atoms with Crippen LogP contribution >= 0.6 is 22.7 Å². The molecule has 0 saturated carbocycles. The van der Waals surface area contributed by atoms with Gasteiger partial charge >= 0.3 is 0 Å². The molecule has 1 aromatic carbocycles. The van der Waals surface area contributed by atoms with E-state index in [9.17, 15) is 9.59 Å². The zero-order chi connectivity index (χ0) is 17.9. The molecule has 0 aliphatic rings. The average Bonchev–Trinajstić information content (AvgIpc) is 3.33. The van der Waals surface area contributed by atoms with Gasteiger partial charge in [-0.05, 0) is 29.7 Å². The number of para-hydroxylation sites is 1. The molecule has 0 radical (unpaired) electrons. The molecule has 0 atom stereocenters. The molecule has 0 aliphatic heterocycles. The molecule has 1 N–H and O–H groups in total. The second-order valence-corrected chi connectivity index (χ2v) is 7.15. The fourth-order valence-corrected chi connectivity index (χ4v) is 3.83. The lowest BCUT2D eigenvalue weighted by atomic mass is 10.1. The SMILES string of the molecule is O=C(/C=C/c1coc2ccccc2c1=O)Nc1nnc(-c2cccs2)s1. The van der Waals surface area contributed by atoms with Gasteiger partial charge in [0.15, 0.2) is 10.4 Å². The molecule has 4 aromatic rings. The van der Waals surface area contributed by atoms with E-state index < -0.39 is 5.91 Å². The number of carbonyl (C=O) groups is 1. The van der Waals surface area contributed by atoms with Crippen molar-refractivity contribution in [1.82, 2.24) is 10.2 Å². The molecule has 4 rings (SSSR count). The minimum atomic E-state index is -0.397. The van der Waals surface area contributed by atoms with Crippen molar-refractivity contribution < 1.29 is 9.21 Å². The van der Waals surface area contributed by atoms with Crippen LogP contribution in [0.5, 0.6) is 0 Å². The van der Waals surface area contributed by atoms with Gasteiger partial charge in [0.05, 0.1) is 15.8 Å². The summed E-state index contributed by atoms with van der Waals surface area (Å²) in [4.78, 5) is 25.4. The summed E-state index contributed by atoms with van der Waals surface area (Å²) in [7, 11) is 0. The monoisotopic (exact) mass is 381 g/mol. The standard InChI is InChI=1S/C18H11N3O3S2/c22-15(19-18-21-20-17(26-18)14-6-3-9-25-14)8-7-11-10-24-13-5-2-1-4-12(13)16(11)23/h1-10H,(H,19,21,22)/b8-7+. The summed E-state index contributed by atoms with van der Waals surface area (Å²) < 4.78 is 5.42. The molecule has 0 unspecified atom stereocenters. The number of nitrogens with one attached hydrogen (secondary N) is 1. The van der Waals surface area contributed by atoms with Crippen molar-refractivity contribution in [2.75, 3.05) is 5.32 Å². The van der Waals surface area contributed by atoms with Crippen molar-refractivity contribution >= 4 is 50.8 Å². The van der Waals surface area contributed by atoms with Crippen LogP contribution in [0.2, 0.25) is 0 Å². The highest BCUT2D eigenvalue weighted by Gasteiger charge is 2.09. The molecule has 6 nitrogen and oxygen atoms in total. The maximum atomic E-state index is 12.4. The predicted octanol–water partition coefficient (Wildman–Crippen LogP) is 4.02. The molecule has 3 aromatic heterocycles. The van der Waals surface area contributed by atoms with Gasteiger partial charge in [0.25, 0.3) is 0 Å². The molecule has 26 heavy (non-hydrogen) atoms. The fourth-order valence-electron chi connectivity index (χ4n) is 2.29. The Morgan fingerprint density at radius 3 is 2.88 bits per heavy atom. The molecular formula is C18H11N3O3S2. The molecular weight excluding hydrogens is 370 g/mol. The van der Waals surface area contributed by atoms with Gasteiger partial charge in [-0.3, -0.25) is 14.9 Å². The van der Waals surface area contributed by atoms with Crippen molar-refractivity contribution in [2.45, 2.75) is 0 Å². The number of aromatic nitrogens is 2. The van der Waals surface area contributed by atoms with E-state index in [2.05, 4.69) is 15.5 Å². The largest absolute Gasteiger partial charge is 0.463 e. The van der Waals surface area contributed by atoms with Crippen molar-refractivity contribution in [3.63, 3.8) is 0 Å². The lowest BCUT2D eigenvalue weighted by Crippen LogP contribution is -2.09. The summed E-state index contributed by atoms with van der Waals surface area (Å²) in [6.07, 6.45) is 4.04. The van der Waals surface area contributed by atoms with Gasteiger partial charge in [0, 0.05) is 6.08 Å². The van der Waals surface area contributed by atoms with E-state index in [1.807, 2.05) is 17.5 Å². The van der Waals surface area contributed by atoms with E-state index in [-0.39, 0.29) is 5.43 Å². The molecule has 0 aliphatic carbocycles. The van der Waals surface area contributed by atoms with Crippen molar-refractivity contribution in [3.8, 4) is 9.88 Å². The van der Waals surface area contributed by atoms with Gasteiger partial charge in [-0.2, -0.15) is 0 Å². The van der Waals surface area contributed by atoms with Crippen LogP contribution in [0.4, 0.5) is 5.13 Å². The smallest absolute Gasteiger partial charge is 0.250 e. The minimum absolute atomic E-state index is 0.188. The maximum Gasteiger partial charge on any atom is 0.250 e. The van der Waals surface area contributed by atoms with Gasteiger partial charge in [0.1, 0.15) is 11.8 Å². The first-order chi connectivity index (χ1) is 12.7.